The van der Waals surface area contributed by atoms with E-state index < -0.39 is 5.41 Å². The molecular formula is C45H30N2O. The molecule has 2 aliphatic heterocycles. The van der Waals surface area contributed by atoms with Crippen molar-refractivity contribution in [3.8, 4) is 11.5 Å². The summed E-state index contributed by atoms with van der Waals surface area (Å²) in [4.78, 5) is 2.49. The van der Waals surface area contributed by atoms with Gasteiger partial charge >= 0.3 is 0 Å². The summed E-state index contributed by atoms with van der Waals surface area (Å²) in [5.41, 5.74) is 14.1. The Morgan fingerprint density at radius 2 is 1.02 bits per heavy atom. The Labute approximate surface area is 278 Å². The van der Waals surface area contributed by atoms with Crippen molar-refractivity contribution < 1.29 is 4.74 Å². The second kappa shape index (κ2) is 9.05. The van der Waals surface area contributed by atoms with Gasteiger partial charge in [0.2, 0.25) is 0 Å². The summed E-state index contributed by atoms with van der Waals surface area (Å²) >= 11 is 0. The van der Waals surface area contributed by atoms with Crippen LogP contribution in [0, 0.1) is 13.8 Å². The molecule has 226 valence electrons. The van der Waals surface area contributed by atoms with E-state index in [-0.39, 0.29) is 0 Å². The first-order valence-electron chi connectivity index (χ1n) is 16.7. The smallest absolute Gasteiger partial charge is 0.132 e. The standard InChI is InChI=1S/C45H30N2O/c1-27-18-21-40-36(24-27)45(34-13-4-7-16-42(34)48-43-17-8-5-14-35(43)45)37-25-28(2)19-22-41(37)46(40)29-20-23-39-33(26-29)32-12-9-11-31-30-10-3-6-15-38(30)47(39)44(31)32/h3-26H,1-2H3. The molecule has 0 fully saturated rings. The predicted molar refractivity (Wildman–Crippen MR) is 197 cm³/mol. The lowest BCUT2D eigenvalue weighted by molar-refractivity contribution is 0.434. The number of rotatable bonds is 1. The van der Waals surface area contributed by atoms with Crippen molar-refractivity contribution in [3.63, 3.8) is 0 Å². The molecular weight excluding hydrogens is 585 g/mol. The highest BCUT2D eigenvalue weighted by molar-refractivity contribution is 6.23. The number of fused-ring (bicyclic) bond motifs is 14. The second-order valence-electron chi connectivity index (χ2n) is 13.5. The van der Waals surface area contributed by atoms with E-state index in [1.54, 1.807) is 0 Å². The Balaban J connectivity index is 1.25. The molecule has 0 amide bonds. The molecule has 0 radical (unpaired) electrons. The molecule has 9 aromatic rings. The highest BCUT2D eigenvalue weighted by Crippen LogP contribution is 2.63. The van der Waals surface area contributed by atoms with Gasteiger partial charge in [0.05, 0.1) is 33.3 Å². The number of aryl methyl sites for hydroxylation is 2. The minimum absolute atomic E-state index is 0.551. The fraction of sp³-hybridized carbons (Fsp3) is 0.0667. The van der Waals surface area contributed by atoms with Crippen molar-refractivity contribution in [1.29, 1.82) is 0 Å². The highest BCUT2D eigenvalue weighted by Gasteiger charge is 2.51. The third-order valence-electron chi connectivity index (χ3n) is 10.9. The van der Waals surface area contributed by atoms with E-state index in [0.717, 1.165) is 17.2 Å². The molecule has 0 atom stereocenters. The van der Waals surface area contributed by atoms with Crippen molar-refractivity contribution in [3.05, 3.63) is 179 Å². The van der Waals surface area contributed by atoms with E-state index in [9.17, 15) is 0 Å². The average Bonchev–Trinajstić information content (AvgIpc) is 3.64. The molecule has 0 saturated heterocycles. The fourth-order valence-corrected chi connectivity index (χ4v) is 8.98. The van der Waals surface area contributed by atoms with E-state index in [0.29, 0.717) is 0 Å². The quantitative estimate of drug-likeness (QED) is 0.183. The van der Waals surface area contributed by atoms with Gasteiger partial charge in [0, 0.05) is 38.4 Å². The fourth-order valence-electron chi connectivity index (χ4n) is 8.98. The van der Waals surface area contributed by atoms with Gasteiger partial charge in [-0.2, -0.15) is 0 Å². The largest absolute Gasteiger partial charge is 0.457 e. The summed E-state index contributed by atoms with van der Waals surface area (Å²) in [6, 6.07) is 53.7. The van der Waals surface area contributed by atoms with Crippen molar-refractivity contribution in [2.75, 3.05) is 4.90 Å². The summed E-state index contributed by atoms with van der Waals surface area (Å²) in [6.45, 7) is 4.41. The monoisotopic (exact) mass is 614 g/mol. The topological polar surface area (TPSA) is 16.9 Å². The van der Waals surface area contributed by atoms with Gasteiger partial charge in [-0.25, -0.2) is 0 Å². The van der Waals surface area contributed by atoms with E-state index in [4.69, 9.17) is 4.74 Å². The third kappa shape index (κ3) is 3.09. The Morgan fingerprint density at radius 1 is 0.458 bits per heavy atom. The van der Waals surface area contributed by atoms with Crippen LogP contribution in [0.15, 0.2) is 146 Å². The molecule has 0 bridgehead atoms. The van der Waals surface area contributed by atoms with Crippen LogP contribution in [0.1, 0.15) is 33.4 Å². The molecule has 2 aliphatic rings. The lowest BCUT2D eigenvalue weighted by atomic mass is 9.61. The average molecular weight is 615 g/mol. The van der Waals surface area contributed by atoms with Crippen molar-refractivity contribution in [2.45, 2.75) is 19.3 Å². The number of ether oxygens (including phenoxy) is 1. The van der Waals surface area contributed by atoms with Crippen LogP contribution < -0.4 is 9.64 Å². The summed E-state index contributed by atoms with van der Waals surface area (Å²) in [5.74, 6) is 1.81. The van der Waals surface area contributed by atoms with Gasteiger partial charge in [0.25, 0.3) is 0 Å². The number of benzene rings is 7. The van der Waals surface area contributed by atoms with Crippen LogP contribution in [0.25, 0.3) is 38.1 Å². The molecule has 11 rings (SSSR count). The molecule has 48 heavy (non-hydrogen) atoms. The van der Waals surface area contributed by atoms with Crippen LogP contribution in [-0.2, 0) is 5.41 Å². The molecule has 0 N–H and O–H groups in total. The predicted octanol–water partition coefficient (Wildman–Crippen LogP) is 11.7. The Morgan fingerprint density at radius 3 is 1.71 bits per heavy atom. The lowest BCUT2D eigenvalue weighted by Gasteiger charge is -2.48. The van der Waals surface area contributed by atoms with Crippen LogP contribution in [0.4, 0.5) is 17.1 Å². The number of aromatic nitrogens is 1. The van der Waals surface area contributed by atoms with E-state index >= 15 is 0 Å². The zero-order chi connectivity index (χ0) is 31.7. The van der Waals surface area contributed by atoms with Gasteiger partial charge in [-0.05, 0) is 73.5 Å². The first-order valence-corrected chi connectivity index (χ1v) is 16.7. The first kappa shape index (κ1) is 26.1. The lowest BCUT2D eigenvalue weighted by Crippen LogP contribution is -2.39. The van der Waals surface area contributed by atoms with Crippen LogP contribution >= 0.6 is 0 Å². The van der Waals surface area contributed by atoms with Crippen molar-refractivity contribution in [1.82, 2.24) is 4.40 Å². The molecule has 3 nitrogen and oxygen atoms in total. The summed E-state index contributed by atoms with van der Waals surface area (Å²) in [5, 5.41) is 5.16. The maximum absolute atomic E-state index is 6.62. The minimum Gasteiger partial charge on any atom is -0.457 e. The van der Waals surface area contributed by atoms with Crippen LogP contribution in [-0.4, -0.2) is 4.40 Å². The van der Waals surface area contributed by atoms with Gasteiger partial charge in [0.1, 0.15) is 11.5 Å². The maximum atomic E-state index is 6.62. The second-order valence-corrected chi connectivity index (χ2v) is 13.5. The van der Waals surface area contributed by atoms with E-state index in [1.807, 2.05) is 0 Å². The highest BCUT2D eigenvalue weighted by atomic mass is 16.5. The number of hydrogen-bond donors (Lipinski definition) is 0. The molecule has 0 saturated carbocycles. The van der Waals surface area contributed by atoms with Crippen LogP contribution in [0.3, 0.4) is 0 Å². The SMILES string of the molecule is Cc1ccc2c(c1)C1(c3ccccc3Oc3ccccc31)c1cc(C)ccc1N2c1ccc2c(c1)c1cccc3c4ccccc4n2c31. The Kier molecular flexibility index (Phi) is 4.91. The van der Waals surface area contributed by atoms with Crippen LogP contribution in [0.2, 0.25) is 0 Å². The number of para-hydroxylation sites is 4. The zero-order valence-corrected chi connectivity index (χ0v) is 26.7. The first-order chi connectivity index (χ1) is 23.6. The molecule has 3 heteroatoms. The van der Waals surface area contributed by atoms with Gasteiger partial charge in [-0.1, -0.05) is 108 Å². The molecule has 1 spiro atoms. The molecule has 0 aliphatic carbocycles. The van der Waals surface area contributed by atoms with E-state index in [1.165, 1.54) is 82.9 Å². The molecule has 4 heterocycles. The van der Waals surface area contributed by atoms with Gasteiger partial charge in [-0.3, -0.25) is 0 Å². The maximum Gasteiger partial charge on any atom is 0.132 e. The van der Waals surface area contributed by atoms with Crippen LogP contribution in [0.5, 0.6) is 11.5 Å². The minimum atomic E-state index is -0.551. The zero-order valence-electron chi connectivity index (χ0n) is 26.7. The molecule has 7 aromatic carbocycles. The molecule has 2 aromatic heterocycles. The Hall–Kier alpha value is -6.06. The number of hydrogen-bond acceptors (Lipinski definition) is 2. The number of anilines is 3. The third-order valence-corrected chi connectivity index (χ3v) is 10.9. The summed E-state index contributed by atoms with van der Waals surface area (Å²) < 4.78 is 9.08. The van der Waals surface area contributed by atoms with Crippen molar-refractivity contribution in [2.24, 2.45) is 0 Å². The molecule has 0 unspecified atom stereocenters. The summed E-state index contributed by atoms with van der Waals surface area (Å²) in [7, 11) is 0. The van der Waals surface area contributed by atoms with Gasteiger partial charge in [-0.15, -0.1) is 0 Å². The Bertz CT molecular complexity index is 2700. The summed E-state index contributed by atoms with van der Waals surface area (Å²) in [6.07, 6.45) is 0. The normalized spacial score (nSPS) is 14.3. The van der Waals surface area contributed by atoms with Gasteiger partial charge in [0.15, 0.2) is 0 Å². The van der Waals surface area contributed by atoms with Gasteiger partial charge < -0.3 is 14.0 Å². The van der Waals surface area contributed by atoms with Crippen molar-refractivity contribution >= 4 is 55.2 Å². The number of nitrogens with zero attached hydrogens (tertiary/aromatic N) is 2. The van der Waals surface area contributed by atoms with E-state index in [2.05, 4.69) is 169 Å².